The Kier molecular flexibility index (Phi) is 7.72. The highest BCUT2D eigenvalue weighted by Crippen LogP contribution is 2.21. The van der Waals surface area contributed by atoms with Crippen LogP contribution >= 0.6 is 0 Å². The molecule has 1 fully saturated rings. The molecule has 2 heterocycles. The van der Waals surface area contributed by atoms with Crippen LogP contribution in [-0.4, -0.2) is 64.8 Å². The lowest BCUT2D eigenvalue weighted by Gasteiger charge is -2.32. The van der Waals surface area contributed by atoms with Crippen molar-refractivity contribution in [3.8, 4) is 0 Å². The summed E-state index contributed by atoms with van der Waals surface area (Å²) in [5, 5.41) is 3.31. The summed E-state index contributed by atoms with van der Waals surface area (Å²) in [7, 11) is 2.08. The summed E-state index contributed by atoms with van der Waals surface area (Å²) in [5.74, 6) is 0.558. The van der Waals surface area contributed by atoms with Gasteiger partial charge in [-0.05, 0) is 30.7 Å². The number of piperazine rings is 1. The van der Waals surface area contributed by atoms with Gasteiger partial charge in [0.05, 0.1) is 12.0 Å². The fourth-order valence-electron chi connectivity index (χ4n) is 4.20. The molecule has 4 rings (SSSR count). The maximum atomic E-state index is 12.7. The summed E-state index contributed by atoms with van der Waals surface area (Å²) >= 11 is 0. The van der Waals surface area contributed by atoms with E-state index in [9.17, 15) is 9.59 Å². The molecule has 2 amide bonds. The highest BCUT2D eigenvalue weighted by molar-refractivity contribution is 5.97. The maximum Gasteiger partial charge on any atom is 0.254 e. The van der Waals surface area contributed by atoms with Gasteiger partial charge >= 0.3 is 0 Å². The number of nitrogens with two attached hydrogens (primary N) is 1. The first kappa shape index (κ1) is 24.3. The predicted molar refractivity (Wildman–Crippen MR) is 136 cm³/mol. The fourth-order valence-corrected chi connectivity index (χ4v) is 4.20. The molecule has 3 aromatic rings. The van der Waals surface area contributed by atoms with Crippen molar-refractivity contribution in [1.29, 1.82) is 0 Å². The van der Waals surface area contributed by atoms with Gasteiger partial charge in [0, 0.05) is 44.8 Å². The van der Waals surface area contributed by atoms with Crippen molar-refractivity contribution in [2.75, 3.05) is 38.5 Å². The van der Waals surface area contributed by atoms with Crippen LogP contribution in [0.3, 0.4) is 0 Å². The number of aromatic nitrogens is 2. The van der Waals surface area contributed by atoms with Gasteiger partial charge in [0.25, 0.3) is 5.91 Å². The number of amides is 2. The Morgan fingerprint density at radius 3 is 2.46 bits per heavy atom. The molecular weight excluding hydrogens is 440 g/mol. The van der Waals surface area contributed by atoms with Crippen molar-refractivity contribution in [3.05, 3.63) is 88.9 Å². The largest absolute Gasteiger partial charge is 0.365 e. The van der Waals surface area contributed by atoms with Crippen LogP contribution in [0.4, 0.5) is 5.82 Å². The highest BCUT2D eigenvalue weighted by Gasteiger charge is 2.19. The van der Waals surface area contributed by atoms with Gasteiger partial charge in [0.2, 0.25) is 5.91 Å². The molecule has 0 unspecified atom stereocenters. The molecule has 1 aliphatic heterocycles. The average molecular weight is 473 g/mol. The molecule has 3 N–H and O–H groups in total. The average Bonchev–Trinajstić information content (AvgIpc) is 2.85. The Labute approximate surface area is 206 Å². The topological polar surface area (TPSA) is 104 Å². The number of hydrogen-bond donors (Lipinski definition) is 2. The number of nitrogens with one attached hydrogen (secondary N) is 1. The third-order valence-corrected chi connectivity index (χ3v) is 6.32. The standard InChI is InChI=1S/C27H32N6O2/c1-19(22-9-4-3-5-10-22)30-27-23(26(28)35)18-29-24(31-27)16-20-7-6-8-21(15-20)17-25(34)33-13-11-32(2)12-14-33/h3-10,15,18-19H,11-14,16-17H2,1-2H3,(H2,28,35)(H,29,30,31)/t19-/m1/s1. The Morgan fingerprint density at radius 1 is 1.03 bits per heavy atom. The molecule has 0 spiro atoms. The Morgan fingerprint density at radius 2 is 1.74 bits per heavy atom. The lowest BCUT2D eigenvalue weighted by molar-refractivity contribution is -0.132. The lowest BCUT2D eigenvalue weighted by Crippen LogP contribution is -2.47. The quantitative estimate of drug-likeness (QED) is 0.522. The number of carbonyl (C=O) groups is 2. The van der Waals surface area contributed by atoms with Crippen molar-refractivity contribution < 1.29 is 9.59 Å². The summed E-state index contributed by atoms with van der Waals surface area (Å²) in [6, 6.07) is 17.8. The van der Waals surface area contributed by atoms with Crippen molar-refractivity contribution in [2.45, 2.75) is 25.8 Å². The van der Waals surface area contributed by atoms with Crippen LogP contribution < -0.4 is 11.1 Å². The molecule has 1 saturated heterocycles. The van der Waals surface area contributed by atoms with Crippen LogP contribution in [-0.2, 0) is 17.6 Å². The molecular formula is C27H32N6O2. The van der Waals surface area contributed by atoms with E-state index in [1.807, 2.05) is 66.4 Å². The lowest BCUT2D eigenvalue weighted by atomic mass is 10.0. The third-order valence-electron chi connectivity index (χ3n) is 6.32. The summed E-state index contributed by atoms with van der Waals surface area (Å²) < 4.78 is 0. The molecule has 0 bridgehead atoms. The van der Waals surface area contributed by atoms with Crippen molar-refractivity contribution in [2.24, 2.45) is 5.73 Å². The van der Waals surface area contributed by atoms with Crippen LogP contribution in [0.5, 0.6) is 0 Å². The Balaban J connectivity index is 1.47. The first-order chi connectivity index (χ1) is 16.9. The van der Waals surface area contributed by atoms with Gasteiger partial charge in [-0.3, -0.25) is 9.59 Å². The van der Waals surface area contributed by atoms with E-state index in [0.717, 1.165) is 42.9 Å². The van der Waals surface area contributed by atoms with Gasteiger partial charge in [-0.15, -0.1) is 0 Å². The van der Waals surface area contributed by atoms with E-state index in [-0.39, 0.29) is 17.5 Å². The van der Waals surface area contributed by atoms with Crippen LogP contribution in [0.2, 0.25) is 0 Å². The minimum Gasteiger partial charge on any atom is -0.365 e. The zero-order valence-electron chi connectivity index (χ0n) is 20.3. The Hall–Kier alpha value is -3.78. The molecule has 2 aromatic carbocycles. The number of nitrogens with zero attached hydrogens (tertiary/aromatic N) is 4. The van der Waals surface area contributed by atoms with Crippen molar-refractivity contribution in [1.82, 2.24) is 19.8 Å². The predicted octanol–water partition coefficient (Wildman–Crippen LogP) is 2.66. The fraction of sp³-hybridized carbons (Fsp3) is 0.333. The number of primary amides is 1. The first-order valence-corrected chi connectivity index (χ1v) is 11.9. The van der Waals surface area contributed by atoms with E-state index >= 15 is 0 Å². The number of hydrogen-bond acceptors (Lipinski definition) is 6. The van der Waals surface area contributed by atoms with Crippen molar-refractivity contribution >= 4 is 17.6 Å². The van der Waals surface area contributed by atoms with E-state index < -0.39 is 5.91 Å². The first-order valence-electron chi connectivity index (χ1n) is 11.9. The van der Waals surface area contributed by atoms with Gasteiger partial charge in [-0.25, -0.2) is 9.97 Å². The molecule has 1 atom stereocenters. The normalized spacial score (nSPS) is 15.0. The molecule has 0 saturated carbocycles. The summed E-state index contributed by atoms with van der Waals surface area (Å²) in [6.07, 6.45) is 2.33. The van der Waals surface area contributed by atoms with Gasteiger partial charge in [-0.2, -0.15) is 0 Å². The molecule has 0 radical (unpaired) electrons. The Bertz CT molecular complexity index is 1180. The molecule has 35 heavy (non-hydrogen) atoms. The van der Waals surface area contributed by atoms with E-state index in [1.54, 1.807) is 0 Å². The zero-order chi connectivity index (χ0) is 24.8. The molecule has 0 aliphatic carbocycles. The SMILES string of the molecule is C[C@@H](Nc1nc(Cc2cccc(CC(=O)N3CCN(C)CC3)c2)ncc1C(N)=O)c1ccccc1. The summed E-state index contributed by atoms with van der Waals surface area (Å²) in [6.45, 7) is 5.36. The molecule has 8 heteroatoms. The monoisotopic (exact) mass is 472 g/mol. The third kappa shape index (κ3) is 6.42. The second-order valence-electron chi connectivity index (χ2n) is 9.05. The number of rotatable bonds is 8. The van der Waals surface area contributed by atoms with E-state index in [2.05, 4.69) is 27.2 Å². The van der Waals surface area contributed by atoms with E-state index in [1.165, 1.54) is 6.20 Å². The molecule has 1 aromatic heterocycles. The smallest absolute Gasteiger partial charge is 0.254 e. The van der Waals surface area contributed by atoms with E-state index in [0.29, 0.717) is 24.5 Å². The highest BCUT2D eigenvalue weighted by atomic mass is 16.2. The van der Waals surface area contributed by atoms with Gasteiger partial charge in [-0.1, -0.05) is 54.6 Å². The minimum absolute atomic E-state index is 0.0686. The molecule has 8 nitrogen and oxygen atoms in total. The number of anilines is 1. The second-order valence-corrected chi connectivity index (χ2v) is 9.05. The number of carbonyl (C=O) groups excluding carboxylic acids is 2. The minimum atomic E-state index is -0.580. The second kappa shape index (κ2) is 11.1. The van der Waals surface area contributed by atoms with Crippen LogP contribution in [0, 0.1) is 0 Å². The summed E-state index contributed by atoms with van der Waals surface area (Å²) in [5.41, 5.74) is 8.86. The molecule has 182 valence electrons. The zero-order valence-corrected chi connectivity index (χ0v) is 20.3. The van der Waals surface area contributed by atoms with Gasteiger partial charge in [0.15, 0.2) is 0 Å². The number of likely N-dealkylation sites (N-methyl/N-ethyl adjacent to an activating group) is 1. The van der Waals surface area contributed by atoms with Crippen LogP contribution in [0.25, 0.3) is 0 Å². The van der Waals surface area contributed by atoms with Gasteiger partial charge in [0.1, 0.15) is 11.6 Å². The van der Waals surface area contributed by atoms with Crippen molar-refractivity contribution in [3.63, 3.8) is 0 Å². The summed E-state index contributed by atoms with van der Waals surface area (Å²) in [4.78, 5) is 37.9. The van der Waals surface area contributed by atoms with Crippen LogP contribution in [0.15, 0.2) is 60.8 Å². The van der Waals surface area contributed by atoms with E-state index in [4.69, 9.17) is 5.73 Å². The van der Waals surface area contributed by atoms with Gasteiger partial charge < -0.3 is 20.9 Å². The maximum absolute atomic E-state index is 12.7. The molecule has 1 aliphatic rings. The van der Waals surface area contributed by atoms with Crippen LogP contribution in [0.1, 0.15) is 45.8 Å². The number of benzene rings is 2.